The van der Waals surface area contributed by atoms with Gasteiger partial charge in [-0.2, -0.15) is 13.2 Å². The fourth-order valence-corrected chi connectivity index (χ4v) is 5.14. The van der Waals surface area contributed by atoms with Crippen molar-refractivity contribution in [2.45, 2.75) is 52.3 Å². The van der Waals surface area contributed by atoms with Crippen molar-refractivity contribution in [1.82, 2.24) is 9.80 Å². The predicted octanol–water partition coefficient (Wildman–Crippen LogP) is 5.32. The standard InChI is InChI=1S/C27H35N3O4.C2HF3O2/c1-21(2)19-34-25-9-4-3-7-23(25)18-28-13-10-27(20-28)11-14-29(15-12-27)26(31)17-22-6-5-8-24(16-22)30(32)33;3-2(4,5)1(6)7/h3-9,16,21H,10-15,17-20H2,1-2H3;(H,6,7). The Labute approximate surface area is 237 Å². The molecule has 2 aromatic rings. The second-order valence-electron chi connectivity index (χ2n) is 11.1. The summed E-state index contributed by atoms with van der Waals surface area (Å²) >= 11 is 0. The number of non-ortho nitro benzene ring substituents is 1. The summed E-state index contributed by atoms with van der Waals surface area (Å²) in [6.45, 7) is 9.58. The highest BCUT2D eigenvalue weighted by Gasteiger charge is 2.41. The van der Waals surface area contributed by atoms with Gasteiger partial charge < -0.3 is 14.7 Å². The largest absolute Gasteiger partial charge is 0.493 e. The third-order valence-electron chi connectivity index (χ3n) is 7.35. The third-order valence-corrected chi connectivity index (χ3v) is 7.35. The summed E-state index contributed by atoms with van der Waals surface area (Å²) in [5.41, 5.74) is 2.25. The summed E-state index contributed by atoms with van der Waals surface area (Å²) in [7, 11) is 0. The molecule has 2 aromatic carbocycles. The first-order valence-electron chi connectivity index (χ1n) is 13.5. The summed E-state index contributed by atoms with van der Waals surface area (Å²) in [6.07, 6.45) is -1.69. The van der Waals surface area contributed by atoms with Gasteiger partial charge in [0.2, 0.25) is 5.91 Å². The van der Waals surface area contributed by atoms with Gasteiger partial charge in [-0.1, -0.05) is 44.2 Å². The summed E-state index contributed by atoms with van der Waals surface area (Å²) in [5.74, 6) is -1.22. The Kier molecular flexibility index (Phi) is 10.7. The number of nitro benzene ring substituents is 1. The van der Waals surface area contributed by atoms with Gasteiger partial charge in [-0.3, -0.25) is 19.8 Å². The van der Waals surface area contributed by atoms with E-state index in [1.54, 1.807) is 12.1 Å². The number of likely N-dealkylation sites (tertiary alicyclic amines) is 2. The number of carbonyl (C=O) groups excluding carboxylic acids is 1. The zero-order chi connectivity index (χ0) is 30.2. The number of hydrogen-bond acceptors (Lipinski definition) is 6. The number of carboxylic acids is 1. The van der Waals surface area contributed by atoms with Gasteiger partial charge in [-0.05, 0) is 48.8 Å². The molecule has 4 rings (SSSR count). The van der Waals surface area contributed by atoms with Crippen LogP contribution in [0.4, 0.5) is 18.9 Å². The smallest absolute Gasteiger partial charge is 0.490 e. The Balaban J connectivity index is 0.000000587. The molecule has 12 heteroatoms. The first kappa shape index (κ1) is 31.9. The number of benzene rings is 2. The molecule has 1 N–H and O–H groups in total. The van der Waals surface area contributed by atoms with E-state index in [2.05, 4.69) is 36.9 Å². The number of nitrogens with zero attached hydrogens (tertiary/aromatic N) is 3. The number of alkyl halides is 3. The number of rotatable bonds is 8. The molecule has 0 saturated carbocycles. The zero-order valence-electron chi connectivity index (χ0n) is 23.2. The lowest BCUT2D eigenvalue weighted by Crippen LogP contribution is -2.44. The number of ether oxygens (including phenoxy) is 1. The van der Waals surface area contributed by atoms with Gasteiger partial charge in [-0.25, -0.2) is 4.79 Å². The Morgan fingerprint density at radius 1 is 1.07 bits per heavy atom. The SMILES string of the molecule is CC(C)COc1ccccc1CN1CCC2(CCN(C(=O)Cc3cccc([N+](=O)[O-])c3)CC2)C1.O=C(O)C(F)(F)F. The molecule has 224 valence electrons. The molecule has 0 aliphatic carbocycles. The van der Waals surface area contributed by atoms with E-state index in [1.165, 1.54) is 17.7 Å². The molecule has 0 radical (unpaired) electrons. The van der Waals surface area contributed by atoms with Crippen LogP contribution in [0.5, 0.6) is 5.75 Å². The maximum atomic E-state index is 12.8. The van der Waals surface area contributed by atoms with Crippen LogP contribution in [0.2, 0.25) is 0 Å². The van der Waals surface area contributed by atoms with Crippen LogP contribution in [0.1, 0.15) is 44.2 Å². The molecule has 1 amide bonds. The number of carbonyl (C=O) groups is 2. The number of aliphatic carboxylic acids is 1. The Hall–Kier alpha value is -3.67. The maximum absolute atomic E-state index is 12.8. The van der Waals surface area contributed by atoms with Crippen LogP contribution in [-0.4, -0.2) is 70.7 Å². The molecule has 2 aliphatic rings. The van der Waals surface area contributed by atoms with Gasteiger partial charge in [0.05, 0.1) is 18.0 Å². The quantitative estimate of drug-likeness (QED) is 0.333. The maximum Gasteiger partial charge on any atom is 0.490 e. The number of piperidine rings is 1. The molecular weight excluding hydrogens is 543 g/mol. The van der Waals surface area contributed by atoms with Crippen molar-refractivity contribution in [3.63, 3.8) is 0 Å². The van der Waals surface area contributed by atoms with E-state index in [4.69, 9.17) is 14.6 Å². The Morgan fingerprint density at radius 3 is 2.32 bits per heavy atom. The van der Waals surface area contributed by atoms with E-state index in [9.17, 15) is 28.1 Å². The van der Waals surface area contributed by atoms with E-state index in [0.717, 1.165) is 64.3 Å². The number of halogens is 3. The van der Waals surface area contributed by atoms with Crippen LogP contribution in [0.25, 0.3) is 0 Å². The molecule has 0 bridgehead atoms. The van der Waals surface area contributed by atoms with E-state index in [-0.39, 0.29) is 23.4 Å². The first-order valence-corrected chi connectivity index (χ1v) is 13.5. The number of hydrogen-bond donors (Lipinski definition) is 1. The molecule has 0 unspecified atom stereocenters. The lowest BCUT2D eigenvalue weighted by atomic mass is 9.77. The summed E-state index contributed by atoms with van der Waals surface area (Å²) in [4.78, 5) is 36.8. The van der Waals surface area contributed by atoms with Crippen LogP contribution in [0.3, 0.4) is 0 Å². The topological polar surface area (TPSA) is 113 Å². The molecule has 1 spiro atoms. The predicted molar refractivity (Wildman–Crippen MR) is 145 cm³/mol. The normalized spacial score (nSPS) is 16.8. The second kappa shape index (κ2) is 13.8. The summed E-state index contributed by atoms with van der Waals surface area (Å²) in [6, 6.07) is 14.7. The van der Waals surface area contributed by atoms with E-state index in [1.807, 2.05) is 11.0 Å². The van der Waals surface area contributed by atoms with E-state index < -0.39 is 17.1 Å². The van der Waals surface area contributed by atoms with Crippen molar-refractivity contribution in [2.75, 3.05) is 32.8 Å². The molecule has 2 heterocycles. The van der Waals surface area contributed by atoms with Crippen LogP contribution in [0, 0.1) is 21.4 Å². The second-order valence-corrected chi connectivity index (χ2v) is 11.1. The van der Waals surface area contributed by atoms with Gasteiger partial charge >= 0.3 is 12.1 Å². The molecule has 9 nitrogen and oxygen atoms in total. The Bertz CT molecular complexity index is 1210. The van der Waals surface area contributed by atoms with Gasteiger partial charge in [0.1, 0.15) is 5.75 Å². The average Bonchev–Trinajstić information content (AvgIpc) is 3.30. The number of carboxylic acid groups (broad SMARTS) is 1. The monoisotopic (exact) mass is 579 g/mol. The molecule has 0 atom stereocenters. The highest BCUT2D eigenvalue weighted by atomic mass is 19.4. The van der Waals surface area contributed by atoms with E-state index in [0.29, 0.717) is 11.5 Å². The minimum Gasteiger partial charge on any atom is -0.493 e. The summed E-state index contributed by atoms with van der Waals surface area (Å²) < 4.78 is 37.8. The Morgan fingerprint density at radius 2 is 1.71 bits per heavy atom. The molecule has 2 aliphatic heterocycles. The number of para-hydroxylation sites is 1. The van der Waals surface area contributed by atoms with Crippen LogP contribution < -0.4 is 4.74 Å². The van der Waals surface area contributed by atoms with Crippen molar-refractivity contribution in [3.8, 4) is 5.75 Å². The summed E-state index contributed by atoms with van der Waals surface area (Å²) in [5, 5.41) is 18.1. The van der Waals surface area contributed by atoms with Crippen molar-refractivity contribution >= 4 is 17.6 Å². The molecule has 2 fully saturated rings. The van der Waals surface area contributed by atoms with E-state index >= 15 is 0 Å². The fourth-order valence-electron chi connectivity index (χ4n) is 5.14. The van der Waals surface area contributed by atoms with Crippen molar-refractivity contribution in [3.05, 3.63) is 69.8 Å². The highest BCUT2D eigenvalue weighted by molar-refractivity contribution is 5.79. The lowest BCUT2D eigenvalue weighted by molar-refractivity contribution is -0.384. The van der Waals surface area contributed by atoms with Crippen molar-refractivity contribution in [2.24, 2.45) is 11.3 Å². The zero-order valence-corrected chi connectivity index (χ0v) is 23.2. The first-order chi connectivity index (χ1) is 19.3. The van der Waals surface area contributed by atoms with Gasteiger partial charge in [0, 0.05) is 43.9 Å². The average molecular weight is 580 g/mol. The third kappa shape index (κ3) is 9.44. The van der Waals surface area contributed by atoms with Crippen LogP contribution in [-0.2, 0) is 22.6 Å². The van der Waals surface area contributed by atoms with Gasteiger partial charge in [0.15, 0.2) is 0 Å². The van der Waals surface area contributed by atoms with Crippen molar-refractivity contribution < 1.29 is 37.5 Å². The molecule has 2 saturated heterocycles. The number of amides is 1. The minimum absolute atomic E-state index is 0.0325. The lowest BCUT2D eigenvalue weighted by Gasteiger charge is -2.39. The minimum atomic E-state index is -5.08. The fraction of sp³-hybridized carbons (Fsp3) is 0.517. The molecule has 0 aromatic heterocycles. The van der Waals surface area contributed by atoms with Gasteiger partial charge in [0.25, 0.3) is 5.69 Å². The van der Waals surface area contributed by atoms with Crippen molar-refractivity contribution in [1.29, 1.82) is 0 Å². The van der Waals surface area contributed by atoms with Gasteiger partial charge in [-0.15, -0.1) is 0 Å². The van der Waals surface area contributed by atoms with Crippen LogP contribution >= 0.6 is 0 Å². The number of nitro groups is 1. The van der Waals surface area contributed by atoms with Crippen LogP contribution in [0.15, 0.2) is 48.5 Å². The molecular formula is C29H36F3N3O6. The highest BCUT2D eigenvalue weighted by Crippen LogP contribution is 2.41. The molecule has 41 heavy (non-hydrogen) atoms.